The molecule has 1 rings (SSSR count). The number of hydrazone groups is 1. The molecular formula is C13H10F7N3O2. The summed E-state index contributed by atoms with van der Waals surface area (Å²) in [5.74, 6) is -16.1. The Bertz CT molecular complexity index is 672. The second-order valence-electron chi connectivity index (χ2n) is 4.78. The van der Waals surface area contributed by atoms with Crippen molar-refractivity contribution in [3.05, 3.63) is 30.1 Å². The molecule has 0 aliphatic rings. The van der Waals surface area contributed by atoms with Crippen molar-refractivity contribution in [2.75, 3.05) is 0 Å². The molecule has 0 saturated carbocycles. The summed E-state index contributed by atoms with van der Waals surface area (Å²) in [5, 5.41) is 3.21. The van der Waals surface area contributed by atoms with Crippen LogP contribution in [-0.4, -0.2) is 40.4 Å². The van der Waals surface area contributed by atoms with Gasteiger partial charge in [0.15, 0.2) is 0 Å². The zero-order chi connectivity index (χ0) is 19.5. The van der Waals surface area contributed by atoms with Gasteiger partial charge in [-0.2, -0.15) is 35.8 Å². The quantitative estimate of drug-likeness (QED) is 0.474. The topological polar surface area (TPSA) is 71.4 Å². The Kier molecular flexibility index (Phi) is 5.87. The van der Waals surface area contributed by atoms with Crippen molar-refractivity contribution < 1.29 is 40.3 Å². The van der Waals surface area contributed by atoms with E-state index in [0.717, 1.165) is 13.1 Å². The van der Waals surface area contributed by atoms with Crippen molar-refractivity contribution in [3.63, 3.8) is 0 Å². The van der Waals surface area contributed by atoms with Crippen LogP contribution in [0.3, 0.4) is 0 Å². The van der Waals surface area contributed by atoms with Gasteiger partial charge in [0.1, 0.15) is 0 Å². The number of ketones is 1. The highest BCUT2D eigenvalue weighted by atomic mass is 19.4. The summed E-state index contributed by atoms with van der Waals surface area (Å²) in [6, 6.07) is 2.71. The summed E-state index contributed by atoms with van der Waals surface area (Å²) in [6.07, 6.45) is -5.64. The third-order valence-electron chi connectivity index (χ3n) is 2.79. The van der Waals surface area contributed by atoms with Crippen molar-refractivity contribution in [3.8, 4) is 0 Å². The normalized spacial score (nSPS) is 13.5. The number of carbonyl (C=O) groups is 2. The second-order valence-corrected chi connectivity index (χ2v) is 4.78. The molecule has 0 saturated heterocycles. The van der Waals surface area contributed by atoms with Gasteiger partial charge < -0.3 is 0 Å². The van der Waals surface area contributed by atoms with E-state index in [1.54, 1.807) is 0 Å². The number of nitrogens with one attached hydrogen (secondary N) is 1. The highest BCUT2D eigenvalue weighted by Crippen LogP contribution is 2.47. The average molecular weight is 373 g/mol. The maximum atomic E-state index is 13.1. The summed E-state index contributed by atoms with van der Waals surface area (Å²) in [5.41, 5.74) is 1.24. The Hall–Kier alpha value is -2.53. The Morgan fingerprint density at radius 2 is 1.76 bits per heavy atom. The van der Waals surface area contributed by atoms with E-state index in [2.05, 4.69) is 10.1 Å². The number of aromatic nitrogens is 1. The SMILES string of the molecule is C/C(CC(=O)C(F)(F)C(F)(F)C(F)(F)F)=N\NC(=O)c1cccnc1. The lowest BCUT2D eigenvalue weighted by molar-refractivity contribution is -0.343. The fourth-order valence-electron chi connectivity index (χ4n) is 1.44. The summed E-state index contributed by atoms with van der Waals surface area (Å²) in [6.45, 7) is 0.892. The van der Waals surface area contributed by atoms with Gasteiger partial charge >= 0.3 is 18.0 Å². The van der Waals surface area contributed by atoms with Gasteiger partial charge in [0.2, 0.25) is 5.78 Å². The highest BCUT2D eigenvalue weighted by Gasteiger charge is 2.75. The first-order valence-electron chi connectivity index (χ1n) is 6.40. The van der Waals surface area contributed by atoms with E-state index in [1.807, 2.05) is 5.43 Å². The van der Waals surface area contributed by atoms with Gasteiger partial charge in [0.25, 0.3) is 5.91 Å². The number of pyridine rings is 1. The third kappa shape index (κ3) is 4.51. The maximum absolute atomic E-state index is 13.1. The van der Waals surface area contributed by atoms with Crippen LogP contribution in [0.15, 0.2) is 29.6 Å². The molecule has 0 bridgehead atoms. The minimum Gasteiger partial charge on any atom is -0.292 e. The maximum Gasteiger partial charge on any atom is 0.460 e. The van der Waals surface area contributed by atoms with Gasteiger partial charge in [-0.3, -0.25) is 14.6 Å². The summed E-state index contributed by atoms with van der Waals surface area (Å²) < 4.78 is 87.7. The van der Waals surface area contributed by atoms with E-state index in [4.69, 9.17) is 0 Å². The predicted octanol–water partition coefficient (Wildman–Crippen LogP) is 2.98. The summed E-state index contributed by atoms with van der Waals surface area (Å²) >= 11 is 0. The fourth-order valence-corrected chi connectivity index (χ4v) is 1.44. The number of alkyl halides is 7. The minimum atomic E-state index is -6.61. The summed E-state index contributed by atoms with van der Waals surface area (Å²) in [4.78, 5) is 26.3. The van der Waals surface area contributed by atoms with Gasteiger partial charge in [-0.05, 0) is 19.1 Å². The largest absolute Gasteiger partial charge is 0.460 e. The van der Waals surface area contributed by atoms with Crippen LogP contribution in [0.1, 0.15) is 23.7 Å². The standard InChI is InChI=1S/C13H10F7N3O2/c1-7(22-23-10(25)8-3-2-4-21-6-8)5-9(24)11(14,15)12(16,17)13(18,19)20/h2-4,6H,5H2,1H3,(H,23,25)/b22-7+. The molecule has 1 amide bonds. The van der Waals surface area contributed by atoms with Crippen LogP contribution in [-0.2, 0) is 4.79 Å². The molecule has 0 atom stereocenters. The van der Waals surface area contributed by atoms with Crippen molar-refractivity contribution in [2.24, 2.45) is 5.10 Å². The lowest BCUT2D eigenvalue weighted by Gasteiger charge is -2.26. The molecule has 1 heterocycles. The Morgan fingerprint density at radius 1 is 1.16 bits per heavy atom. The molecule has 0 unspecified atom stereocenters. The smallest absolute Gasteiger partial charge is 0.292 e. The molecule has 1 aromatic rings. The van der Waals surface area contributed by atoms with E-state index in [1.165, 1.54) is 18.3 Å². The molecule has 0 aromatic carbocycles. The van der Waals surface area contributed by atoms with E-state index >= 15 is 0 Å². The van der Waals surface area contributed by atoms with Crippen LogP contribution in [0.25, 0.3) is 0 Å². The van der Waals surface area contributed by atoms with Gasteiger partial charge in [0, 0.05) is 18.1 Å². The minimum absolute atomic E-state index is 0.0133. The lowest BCUT2D eigenvalue weighted by Crippen LogP contribution is -2.56. The number of amides is 1. The van der Waals surface area contributed by atoms with Crippen LogP contribution in [0, 0.1) is 0 Å². The van der Waals surface area contributed by atoms with Gasteiger partial charge in [0.05, 0.1) is 12.0 Å². The number of carbonyl (C=O) groups excluding carboxylic acids is 2. The molecule has 0 aliphatic heterocycles. The first kappa shape index (κ1) is 20.5. The molecule has 138 valence electrons. The first-order chi connectivity index (χ1) is 11.3. The number of Topliss-reactive ketones (excluding diaryl/α,β-unsaturated/α-hetero) is 1. The molecule has 0 fully saturated rings. The van der Waals surface area contributed by atoms with Crippen LogP contribution >= 0.6 is 0 Å². The number of rotatable bonds is 6. The van der Waals surface area contributed by atoms with Gasteiger partial charge in [-0.15, -0.1) is 0 Å². The number of hydrogen-bond donors (Lipinski definition) is 1. The number of hydrogen-bond acceptors (Lipinski definition) is 4. The molecule has 0 aliphatic carbocycles. The number of nitrogens with zero attached hydrogens (tertiary/aromatic N) is 2. The Morgan fingerprint density at radius 3 is 2.24 bits per heavy atom. The van der Waals surface area contributed by atoms with Crippen LogP contribution in [0.2, 0.25) is 0 Å². The third-order valence-corrected chi connectivity index (χ3v) is 2.79. The number of halogens is 7. The van der Waals surface area contributed by atoms with Crippen molar-refractivity contribution in [1.29, 1.82) is 0 Å². The highest BCUT2D eigenvalue weighted by molar-refractivity contribution is 6.04. The average Bonchev–Trinajstić information content (AvgIpc) is 2.52. The molecule has 1 aromatic heterocycles. The van der Waals surface area contributed by atoms with Crippen molar-refractivity contribution in [1.82, 2.24) is 10.4 Å². The Balaban J connectivity index is 2.80. The van der Waals surface area contributed by atoms with Gasteiger partial charge in [-0.1, -0.05) is 0 Å². The molecular weight excluding hydrogens is 363 g/mol. The lowest BCUT2D eigenvalue weighted by atomic mass is 10.0. The van der Waals surface area contributed by atoms with Crippen molar-refractivity contribution in [2.45, 2.75) is 31.4 Å². The molecule has 0 spiro atoms. The van der Waals surface area contributed by atoms with Crippen molar-refractivity contribution >= 4 is 17.4 Å². The second kappa shape index (κ2) is 7.15. The van der Waals surface area contributed by atoms with E-state index < -0.39 is 41.8 Å². The summed E-state index contributed by atoms with van der Waals surface area (Å²) in [7, 11) is 0. The zero-order valence-electron chi connectivity index (χ0n) is 12.4. The van der Waals surface area contributed by atoms with Crippen LogP contribution < -0.4 is 5.43 Å². The fraction of sp³-hybridized carbons (Fsp3) is 0.385. The van der Waals surface area contributed by atoms with Crippen LogP contribution in [0.5, 0.6) is 0 Å². The van der Waals surface area contributed by atoms with E-state index in [-0.39, 0.29) is 5.56 Å². The zero-order valence-corrected chi connectivity index (χ0v) is 12.4. The molecule has 25 heavy (non-hydrogen) atoms. The molecule has 0 radical (unpaired) electrons. The van der Waals surface area contributed by atoms with E-state index in [9.17, 15) is 40.3 Å². The predicted molar refractivity (Wildman–Crippen MR) is 70.4 cm³/mol. The molecule has 12 heteroatoms. The first-order valence-corrected chi connectivity index (χ1v) is 6.40. The van der Waals surface area contributed by atoms with Gasteiger partial charge in [-0.25, -0.2) is 5.43 Å². The molecule has 5 nitrogen and oxygen atoms in total. The molecule has 1 N–H and O–H groups in total. The van der Waals surface area contributed by atoms with Crippen LogP contribution in [0.4, 0.5) is 30.7 Å². The monoisotopic (exact) mass is 373 g/mol. The Labute approximate surface area is 135 Å². The van der Waals surface area contributed by atoms with E-state index in [0.29, 0.717) is 0 Å².